The number of carbonyl (C=O) groups is 2. The molecule has 4 rings (SSSR count). The second kappa shape index (κ2) is 12.0. The molecule has 0 aliphatic carbocycles. The number of rotatable bonds is 9. The lowest BCUT2D eigenvalue weighted by Gasteiger charge is -2.30. The molecule has 40 heavy (non-hydrogen) atoms. The molecule has 0 saturated carbocycles. The first-order valence-electron chi connectivity index (χ1n) is 12.1. The van der Waals surface area contributed by atoms with Gasteiger partial charge in [0.25, 0.3) is 5.69 Å². The summed E-state index contributed by atoms with van der Waals surface area (Å²) in [6.07, 6.45) is -0.214. The first-order chi connectivity index (χ1) is 19.1. The van der Waals surface area contributed by atoms with Gasteiger partial charge in [-0.05, 0) is 47.9 Å². The number of nitro groups is 1. The van der Waals surface area contributed by atoms with Gasteiger partial charge in [0.15, 0.2) is 0 Å². The van der Waals surface area contributed by atoms with E-state index in [1.54, 1.807) is 24.3 Å². The minimum absolute atomic E-state index is 0.0781. The zero-order valence-electron chi connectivity index (χ0n) is 21.5. The average Bonchev–Trinajstić information content (AvgIpc) is 3.37. The van der Waals surface area contributed by atoms with E-state index in [9.17, 15) is 28.1 Å². The van der Waals surface area contributed by atoms with Gasteiger partial charge in [0.2, 0.25) is 15.9 Å². The van der Waals surface area contributed by atoms with Crippen LogP contribution in [0.5, 0.6) is 5.75 Å². The molecule has 1 N–H and O–H groups in total. The number of benzene rings is 3. The predicted molar refractivity (Wildman–Crippen MR) is 145 cm³/mol. The highest BCUT2D eigenvalue weighted by Gasteiger charge is 2.54. The largest absolute Gasteiger partial charge is 0.497 e. The van der Waals surface area contributed by atoms with Crippen LogP contribution in [-0.2, 0) is 30.9 Å². The van der Waals surface area contributed by atoms with Gasteiger partial charge >= 0.3 is 5.97 Å². The van der Waals surface area contributed by atoms with E-state index < -0.39 is 44.8 Å². The molecule has 1 fully saturated rings. The van der Waals surface area contributed by atoms with E-state index in [-0.39, 0.29) is 34.1 Å². The average molecular weight is 588 g/mol. The molecule has 1 aliphatic rings. The molecule has 1 aliphatic heterocycles. The number of carbonyl (C=O) groups excluding carboxylic acids is 2. The number of non-ortho nitro benzene ring substituents is 1. The molecule has 3 aromatic carbocycles. The fourth-order valence-electron chi connectivity index (χ4n) is 4.76. The summed E-state index contributed by atoms with van der Waals surface area (Å²) < 4.78 is 39.2. The summed E-state index contributed by atoms with van der Waals surface area (Å²) in [6.45, 7) is 0.0781. The van der Waals surface area contributed by atoms with Crippen LogP contribution in [0.25, 0.3) is 0 Å². The fourth-order valence-corrected chi connectivity index (χ4v) is 6.87. The maximum atomic E-state index is 14.1. The zero-order valence-corrected chi connectivity index (χ0v) is 23.1. The maximum absolute atomic E-state index is 14.1. The Morgan fingerprint density at radius 3 is 2.40 bits per heavy atom. The quantitative estimate of drug-likeness (QED) is 0.226. The standard InChI is InChI=1S/C27H26ClN3O8S/c1-38-21-11-9-17(10-12-21)16-29-26(32)24-15-23(27(33)39-2)25(18-5-3-7-20(13-18)31(34)35)30(24)40(36,37)22-8-4-6-19(28)14-22/h3-14,23-25H,15-16H2,1-2H3,(H,29,32). The number of esters is 1. The van der Waals surface area contributed by atoms with Crippen molar-refractivity contribution in [2.75, 3.05) is 14.2 Å². The van der Waals surface area contributed by atoms with Gasteiger partial charge in [-0.1, -0.05) is 41.9 Å². The summed E-state index contributed by atoms with van der Waals surface area (Å²) in [4.78, 5) is 37.2. The Morgan fingerprint density at radius 1 is 1.07 bits per heavy atom. The van der Waals surface area contributed by atoms with Gasteiger partial charge in [0.05, 0.1) is 36.0 Å². The summed E-state index contributed by atoms with van der Waals surface area (Å²) in [5, 5.41) is 14.4. The third kappa shape index (κ3) is 5.93. The van der Waals surface area contributed by atoms with Crippen molar-refractivity contribution in [1.82, 2.24) is 9.62 Å². The van der Waals surface area contributed by atoms with Crippen molar-refractivity contribution in [3.05, 3.63) is 99.1 Å². The number of hydrogen-bond acceptors (Lipinski definition) is 8. The third-order valence-corrected chi connectivity index (χ3v) is 8.79. The van der Waals surface area contributed by atoms with E-state index in [0.717, 1.165) is 17.0 Å². The molecule has 210 valence electrons. The van der Waals surface area contributed by atoms with Gasteiger partial charge in [0, 0.05) is 23.7 Å². The zero-order chi connectivity index (χ0) is 29.0. The summed E-state index contributed by atoms with van der Waals surface area (Å²) in [7, 11) is -1.78. The van der Waals surface area contributed by atoms with Crippen molar-refractivity contribution in [3.8, 4) is 5.75 Å². The van der Waals surface area contributed by atoms with Crippen molar-refractivity contribution in [3.63, 3.8) is 0 Å². The minimum atomic E-state index is -4.46. The molecule has 13 heteroatoms. The number of sulfonamides is 1. The summed E-state index contributed by atoms with van der Waals surface area (Å²) >= 11 is 6.09. The van der Waals surface area contributed by atoms with Gasteiger partial charge in [-0.3, -0.25) is 19.7 Å². The molecular formula is C27H26ClN3O8S. The Balaban J connectivity index is 1.79. The van der Waals surface area contributed by atoms with Crippen LogP contribution in [0.3, 0.4) is 0 Å². The van der Waals surface area contributed by atoms with E-state index in [1.807, 2.05) is 0 Å². The second-order valence-corrected chi connectivity index (χ2v) is 11.3. The monoisotopic (exact) mass is 587 g/mol. The summed E-state index contributed by atoms with van der Waals surface area (Å²) in [6, 6.07) is 15.1. The van der Waals surface area contributed by atoms with Gasteiger partial charge in [-0.2, -0.15) is 4.31 Å². The van der Waals surface area contributed by atoms with Crippen molar-refractivity contribution >= 4 is 39.2 Å². The molecule has 11 nitrogen and oxygen atoms in total. The highest BCUT2D eigenvalue weighted by atomic mass is 35.5. The normalized spacial score (nSPS) is 19.1. The maximum Gasteiger partial charge on any atom is 0.310 e. The molecule has 1 heterocycles. The number of nitro benzene ring substituents is 1. The summed E-state index contributed by atoms with van der Waals surface area (Å²) in [5.74, 6) is -1.90. The highest BCUT2D eigenvalue weighted by molar-refractivity contribution is 7.89. The Hall–Kier alpha value is -4.00. The number of halogens is 1. The Labute approximate surface area is 235 Å². The minimum Gasteiger partial charge on any atom is -0.497 e. The molecule has 3 atom stereocenters. The molecule has 0 radical (unpaired) electrons. The number of hydrogen-bond donors (Lipinski definition) is 1. The first kappa shape index (κ1) is 29.0. The highest BCUT2D eigenvalue weighted by Crippen LogP contribution is 2.46. The molecular weight excluding hydrogens is 562 g/mol. The molecule has 0 aromatic heterocycles. The summed E-state index contributed by atoms with van der Waals surface area (Å²) in [5.41, 5.74) is 0.602. The predicted octanol–water partition coefficient (Wildman–Crippen LogP) is 3.87. The first-order valence-corrected chi connectivity index (χ1v) is 13.9. The van der Waals surface area contributed by atoms with Crippen molar-refractivity contribution in [2.45, 2.75) is 29.9 Å². The number of nitrogens with zero attached hydrogens (tertiary/aromatic N) is 2. The van der Waals surface area contributed by atoms with E-state index in [4.69, 9.17) is 21.1 Å². The van der Waals surface area contributed by atoms with Crippen LogP contribution in [0.2, 0.25) is 5.02 Å². The topological polar surface area (TPSA) is 145 Å². The third-order valence-electron chi connectivity index (χ3n) is 6.67. The van der Waals surface area contributed by atoms with Crippen LogP contribution >= 0.6 is 11.6 Å². The van der Waals surface area contributed by atoms with Crippen molar-refractivity contribution < 1.29 is 32.4 Å². The number of ether oxygens (including phenoxy) is 2. The molecule has 0 bridgehead atoms. The Bertz CT molecular complexity index is 1530. The van der Waals surface area contributed by atoms with Crippen LogP contribution in [0, 0.1) is 16.0 Å². The lowest BCUT2D eigenvalue weighted by atomic mass is 9.93. The Morgan fingerprint density at radius 2 is 1.77 bits per heavy atom. The number of amides is 1. The van der Waals surface area contributed by atoms with Crippen LogP contribution in [0.4, 0.5) is 5.69 Å². The van der Waals surface area contributed by atoms with Gasteiger partial charge in [-0.15, -0.1) is 0 Å². The van der Waals surface area contributed by atoms with Crippen molar-refractivity contribution in [2.24, 2.45) is 5.92 Å². The molecule has 3 unspecified atom stereocenters. The van der Waals surface area contributed by atoms with Gasteiger partial charge < -0.3 is 14.8 Å². The van der Waals surface area contributed by atoms with Gasteiger partial charge in [0.1, 0.15) is 11.8 Å². The lowest BCUT2D eigenvalue weighted by molar-refractivity contribution is -0.385. The van der Waals surface area contributed by atoms with E-state index in [1.165, 1.54) is 55.6 Å². The SMILES string of the molecule is COC(=O)C1CC(C(=O)NCc2ccc(OC)cc2)N(S(=O)(=O)c2cccc(Cl)c2)C1c1cccc([N+](=O)[O-])c1. The smallest absolute Gasteiger partial charge is 0.310 e. The Kier molecular flexibility index (Phi) is 8.72. The van der Waals surface area contributed by atoms with Gasteiger partial charge in [-0.25, -0.2) is 8.42 Å². The van der Waals surface area contributed by atoms with Crippen LogP contribution in [0.1, 0.15) is 23.6 Å². The van der Waals surface area contributed by atoms with E-state index in [2.05, 4.69) is 5.32 Å². The molecule has 3 aromatic rings. The number of methoxy groups -OCH3 is 2. The van der Waals surface area contributed by atoms with Crippen LogP contribution < -0.4 is 10.1 Å². The lowest BCUT2D eigenvalue weighted by Crippen LogP contribution is -2.46. The molecule has 1 saturated heterocycles. The van der Waals surface area contributed by atoms with E-state index in [0.29, 0.717) is 5.75 Å². The van der Waals surface area contributed by atoms with E-state index >= 15 is 0 Å². The van der Waals surface area contributed by atoms with Crippen LogP contribution in [0.15, 0.2) is 77.7 Å². The molecule has 0 spiro atoms. The second-order valence-electron chi connectivity index (χ2n) is 9.04. The number of nitrogens with one attached hydrogen (secondary N) is 1. The molecule has 1 amide bonds. The van der Waals surface area contributed by atoms with Crippen molar-refractivity contribution in [1.29, 1.82) is 0 Å². The fraction of sp³-hybridized carbons (Fsp3) is 0.259. The van der Waals surface area contributed by atoms with Crippen LogP contribution in [-0.4, -0.2) is 49.8 Å².